The topological polar surface area (TPSA) is 60.7 Å². The third-order valence-electron chi connectivity index (χ3n) is 0.841. The average Bonchev–Trinajstić information content (AvgIpc) is 1.67. The second kappa shape index (κ2) is 3.83. The van der Waals surface area contributed by atoms with Crippen LogP contribution in [0.25, 0.3) is 0 Å². The van der Waals surface area contributed by atoms with Crippen LogP contribution in [0.1, 0.15) is 6.92 Å². The third kappa shape index (κ3) is 2.96. The molecule has 2 unspecified atom stereocenters. The van der Waals surface area contributed by atoms with Crippen LogP contribution in [0, 0.1) is 6.42 Å². The van der Waals surface area contributed by atoms with Gasteiger partial charge in [0.15, 0.2) is 0 Å². The molecule has 0 saturated heterocycles. The van der Waals surface area contributed by atoms with Crippen molar-refractivity contribution in [3.63, 3.8) is 0 Å². The molecular formula is C5H11O3. The largest absolute Gasteiger partial charge is 0.396 e. The van der Waals surface area contributed by atoms with E-state index in [1.165, 1.54) is 13.3 Å². The van der Waals surface area contributed by atoms with Crippen molar-refractivity contribution in [2.45, 2.75) is 19.1 Å². The first-order valence-electron chi connectivity index (χ1n) is 2.48. The summed E-state index contributed by atoms with van der Waals surface area (Å²) >= 11 is 0. The summed E-state index contributed by atoms with van der Waals surface area (Å²) in [6.45, 7) is 1.25. The van der Waals surface area contributed by atoms with E-state index in [9.17, 15) is 0 Å². The molecular weight excluding hydrogens is 108 g/mol. The third-order valence-corrected chi connectivity index (χ3v) is 0.841. The molecule has 0 aromatic rings. The number of aliphatic hydroxyl groups is 3. The summed E-state index contributed by atoms with van der Waals surface area (Å²) in [5.74, 6) is 0. The van der Waals surface area contributed by atoms with Gasteiger partial charge in [0, 0.05) is 13.0 Å². The fourth-order valence-electron chi connectivity index (χ4n) is 0.305. The van der Waals surface area contributed by atoms with Crippen molar-refractivity contribution in [2.75, 3.05) is 6.61 Å². The molecule has 3 heteroatoms. The Bertz CT molecular complexity index is 53.6. The first kappa shape index (κ1) is 7.88. The second-order valence-corrected chi connectivity index (χ2v) is 1.65. The lowest BCUT2D eigenvalue weighted by molar-refractivity contribution is 0.0450. The van der Waals surface area contributed by atoms with Crippen LogP contribution in [0.4, 0.5) is 0 Å². The molecule has 2 atom stereocenters. The summed E-state index contributed by atoms with van der Waals surface area (Å²) in [5, 5.41) is 25.4. The minimum Gasteiger partial charge on any atom is -0.396 e. The Hall–Kier alpha value is -0.120. The van der Waals surface area contributed by atoms with Gasteiger partial charge in [-0.2, -0.15) is 0 Å². The van der Waals surface area contributed by atoms with E-state index in [0.717, 1.165) is 0 Å². The standard InChI is InChI=1S/C5H11O3/c1-4(7)5(8)2-3-6/h2,4-8H,3H2,1H3. The predicted octanol–water partition coefficient (Wildman–Crippen LogP) is -1.08. The van der Waals surface area contributed by atoms with Gasteiger partial charge in [-0.3, -0.25) is 0 Å². The van der Waals surface area contributed by atoms with Gasteiger partial charge in [-0.15, -0.1) is 0 Å². The van der Waals surface area contributed by atoms with E-state index in [-0.39, 0.29) is 6.61 Å². The summed E-state index contributed by atoms with van der Waals surface area (Å²) in [7, 11) is 0. The highest BCUT2D eigenvalue weighted by molar-refractivity contribution is 4.77. The minimum absolute atomic E-state index is 0.202. The van der Waals surface area contributed by atoms with Crippen molar-refractivity contribution in [2.24, 2.45) is 0 Å². The number of aliphatic hydroxyl groups excluding tert-OH is 3. The second-order valence-electron chi connectivity index (χ2n) is 1.65. The van der Waals surface area contributed by atoms with Crippen molar-refractivity contribution in [1.29, 1.82) is 0 Å². The Kier molecular flexibility index (Phi) is 3.77. The molecule has 0 aliphatic rings. The van der Waals surface area contributed by atoms with Crippen LogP contribution in [-0.4, -0.2) is 34.1 Å². The Balaban J connectivity index is 3.17. The minimum atomic E-state index is -0.903. The van der Waals surface area contributed by atoms with Crippen molar-refractivity contribution in [3.8, 4) is 0 Å². The monoisotopic (exact) mass is 119 g/mol. The molecule has 0 aliphatic heterocycles. The lowest BCUT2D eigenvalue weighted by Crippen LogP contribution is -2.23. The highest BCUT2D eigenvalue weighted by Crippen LogP contribution is 1.93. The summed E-state index contributed by atoms with van der Waals surface area (Å²) in [6.07, 6.45) is -0.466. The van der Waals surface area contributed by atoms with Gasteiger partial charge in [0.25, 0.3) is 0 Å². The fraction of sp³-hybridized carbons (Fsp3) is 0.800. The Morgan fingerprint density at radius 1 is 1.50 bits per heavy atom. The van der Waals surface area contributed by atoms with Crippen LogP contribution < -0.4 is 0 Å². The van der Waals surface area contributed by atoms with E-state index in [1.54, 1.807) is 0 Å². The molecule has 0 heterocycles. The maximum atomic E-state index is 8.66. The molecule has 3 nitrogen and oxygen atoms in total. The SMILES string of the molecule is CC(O)C(O)[CH]CO. The van der Waals surface area contributed by atoms with E-state index >= 15 is 0 Å². The number of rotatable bonds is 3. The van der Waals surface area contributed by atoms with Gasteiger partial charge in [-0.25, -0.2) is 0 Å². The van der Waals surface area contributed by atoms with Crippen LogP contribution in [-0.2, 0) is 0 Å². The van der Waals surface area contributed by atoms with Crippen molar-refractivity contribution in [3.05, 3.63) is 6.42 Å². The Morgan fingerprint density at radius 3 is 2.12 bits per heavy atom. The lowest BCUT2D eigenvalue weighted by atomic mass is 10.2. The molecule has 0 spiro atoms. The summed E-state index contributed by atoms with van der Waals surface area (Å²) in [6, 6.07) is 0. The normalized spacial score (nSPS) is 18.0. The molecule has 0 amide bonds. The van der Waals surface area contributed by atoms with Gasteiger partial charge >= 0.3 is 0 Å². The van der Waals surface area contributed by atoms with E-state index in [2.05, 4.69) is 0 Å². The lowest BCUT2D eigenvalue weighted by Gasteiger charge is -2.09. The van der Waals surface area contributed by atoms with Crippen LogP contribution in [0.2, 0.25) is 0 Å². The van der Waals surface area contributed by atoms with Gasteiger partial charge < -0.3 is 15.3 Å². The molecule has 49 valence electrons. The first-order valence-corrected chi connectivity index (χ1v) is 2.48. The van der Waals surface area contributed by atoms with Gasteiger partial charge in [-0.05, 0) is 6.92 Å². The first-order chi connectivity index (χ1) is 3.68. The Morgan fingerprint density at radius 2 is 2.00 bits per heavy atom. The summed E-state index contributed by atoms with van der Waals surface area (Å²) in [5.41, 5.74) is 0. The predicted molar refractivity (Wildman–Crippen MR) is 29.1 cm³/mol. The smallest absolute Gasteiger partial charge is 0.0850 e. The Labute approximate surface area is 48.6 Å². The fourth-order valence-corrected chi connectivity index (χ4v) is 0.305. The molecule has 1 radical (unpaired) electrons. The quantitative estimate of drug-likeness (QED) is 0.443. The summed E-state index contributed by atoms with van der Waals surface area (Å²) in [4.78, 5) is 0. The number of hydrogen-bond acceptors (Lipinski definition) is 3. The zero-order valence-electron chi connectivity index (χ0n) is 4.78. The molecule has 0 aliphatic carbocycles. The average molecular weight is 119 g/mol. The van der Waals surface area contributed by atoms with Gasteiger partial charge in [0.1, 0.15) is 0 Å². The van der Waals surface area contributed by atoms with Crippen LogP contribution in [0.15, 0.2) is 0 Å². The van der Waals surface area contributed by atoms with E-state index in [0.29, 0.717) is 0 Å². The molecule has 8 heavy (non-hydrogen) atoms. The highest BCUT2D eigenvalue weighted by Gasteiger charge is 2.08. The van der Waals surface area contributed by atoms with Gasteiger partial charge in [0.2, 0.25) is 0 Å². The molecule has 0 bridgehead atoms. The van der Waals surface area contributed by atoms with Crippen molar-refractivity contribution in [1.82, 2.24) is 0 Å². The molecule has 0 fully saturated rings. The van der Waals surface area contributed by atoms with Crippen molar-refractivity contribution < 1.29 is 15.3 Å². The maximum absolute atomic E-state index is 8.66. The molecule has 0 saturated carbocycles. The molecule has 0 rings (SSSR count). The number of hydrogen-bond donors (Lipinski definition) is 3. The molecule has 3 N–H and O–H groups in total. The summed E-state index contributed by atoms with van der Waals surface area (Å²) < 4.78 is 0. The van der Waals surface area contributed by atoms with Gasteiger partial charge in [-0.1, -0.05) is 0 Å². The van der Waals surface area contributed by atoms with Crippen molar-refractivity contribution >= 4 is 0 Å². The molecule has 0 aromatic carbocycles. The van der Waals surface area contributed by atoms with Crippen LogP contribution in [0.3, 0.4) is 0 Å². The van der Waals surface area contributed by atoms with E-state index < -0.39 is 12.2 Å². The zero-order valence-corrected chi connectivity index (χ0v) is 4.78. The van der Waals surface area contributed by atoms with Gasteiger partial charge in [0.05, 0.1) is 12.2 Å². The zero-order chi connectivity index (χ0) is 6.57. The maximum Gasteiger partial charge on any atom is 0.0850 e. The van der Waals surface area contributed by atoms with Crippen LogP contribution >= 0.6 is 0 Å². The van der Waals surface area contributed by atoms with E-state index in [4.69, 9.17) is 15.3 Å². The van der Waals surface area contributed by atoms with Crippen LogP contribution in [0.5, 0.6) is 0 Å². The van der Waals surface area contributed by atoms with E-state index in [1.807, 2.05) is 0 Å². The highest BCUT2D eigenvalue weighted by atomic mass is 16.3. The molecule has 0 aromatic heterocycles.